The lowest BCUT2D eigenvalue weighted by molar-refractivity contribution is -0.140. The van der Waals surface area contributed by atoms with E-state index in [0.29, 0.717) is 4.90 Å². The molecule has 0 aromatic carbocycles. The number of alkyl halides is 2. The molecular formula is C7H10F2N2O3. The van der Waals surface area contributed by atoms with Gasteiger partial charge in [-0.3, -0.25) is 9.59 Å². The van der Waals surface area contributed by atoms with Crippen molar-refractivity contribution in [3.05, 3.63) is 0 Å². The van der Waals surface area contributed by atoms with Gasteiger partial charge >= 0.3 is 0 Å². The molecule has 1 fully saturated rings. The zero-order chi connectivity index (χ0) is 10.9. The molecule has 1 rings (SSSR count). The van der Waals surface area contributed by atoms with Crippen molar-refractivity contribution in [2.75, 3.05) is 13.2 Å². The molecule has 0 aromatic rings. The highest BCUT2D eigenvalue weighted by Crippen LogP contribution is 2.31. The van der Waals surface area contributed by atoms with Gasteiger partial charge in [0.05, 0.1) is 6.54 Å². The summed E-state index contributed by atoms with van der Waals surface area (Å²) in [6.45, 7) is -1.76. The van der Waals surface area contributed by atoms with Crippen molar-refractivity contribution in [1.82, 2.24) is 4.90 Å². The molecule has 1 heterocycles. The third-order valence-corrected chi connectivity index (χ3v) is 2.05. The highest BCUT2D eigenvalue weighted by atomic mass is 19.3. The molecule has 1 atom stereocenters. The van der Waals surface area contributed by atoms with Crippen molar-refractivity contribution in [3.8, 4) is 0 Å². The number of aliphatic hydroxyl groups excluding tert-OH is 1. The van der Waals surface area contributed by atoms with E-state index in [1.165, 1.54) is 0 Å². The Morgan fingerprint density at radius 3 is 2.57 bits per heavy atom. The first-order chi connectivity index (χ1) is 6.37. The molecule has 1 aliphatic rings. The van der Waals surface area contributed by atoms with Gasteiger partial charge in [0.25, 0.3) is 5.92 Å². The van der Waals surface area contributed by atoms with Gasteiger partial charge in [-0.05, 0) is 0 Å². The van der Waals surface area contributed by atoms with Gasteiger partial charge in [0, 0.05) is 6.42 Å². The molecule has 7 heteroatoms. The van der Waals surface area contributed by atoms with Crippen molar-refractivity contribution >= 4 is 11.8 Å². The Labute approximate surface area is 78.5 Å². The first kappa shape index (κ1) is 10.8. The summed E-state index contributed by atoms with van der Waals surface area (Å²) in [7, 11) is 0. The van der Waals surface area contributed by atoms with Crippen LogP contribution in [0.3, 0.4) is 0 Å². The zero-order valence-electron chi connectivity index (χ0n) is 7.24. The summed E-state index contributed by atoms with van der Waals surface area (Å²) in [4.78, 5) is 22.3. The minimum absolute atomic E-state index is 0.613. The van der Waals surface area contributed by atoms with Crippen molar-refractivity contribution in [1.29, 1.82) is 0 Å². The van der Waals surface area contributed by atoms with Crippen LogP contribution in [0.15, 0.2) is 0 Å². The second-order valence-corrected chi connectivity index (χ2v) is 3.16. The third-order valence-electron chi connectivity index (χ3n) is 2.05. The van der Waals surface area contributed by atoms with E-state index in [2.05, 4.69) is 0 Å². The van der Waals surface area contributed by atoms with Crippen LogP contribution in [0.4, 0.5) is 8.78 Å². The predicted molar refractivity (Wildman–Crippen MR) is 41.3 cm³/mol. The molecule has 1 unspecified atom stereocenters. The maximum atomic E-state index is 12.8. The van der Waals surface area contributed by atoms with Crippen molar-refractivity contribution in [2.45, 2.75) is 18.4 Å². The van der Waals surface area contributed by atoms with E-state index in [4.69, 9.17) is 10.8 Å². The summed E-state index contributed by atoms with van der Waals surface area (Å²) in [6.07, 6.45) is -0.770. The van der Waals surface area contributed by atoms with E-state index in [0.717, 1.165) is 0 Å². The summed E-state index contributed by atoms with van der Waals surface area (Å²) in [6, 6.07) is -1.32. The number of halogens is 2. The fourth-order valence-electron chi connectivity index (χ4n) is 1.42. The lowest BCUT2D eigenvalue weighted by atomic mass is 10.2. The standard InChI is InChI=1S/C7H10F2N2O3/c8-7(9)1-4(6(10)14)11(3-7)5(13)2-12/h4,12H,1-3H2,(H2,10,14). The lowest BCUT2D eigenvalue weighted by Crippen LogP contribution is -2.44. The van der Waals surface area contributed by atoms with Crippen LogP contribution in [0.1, 0.15) is 6.42 Å². The van der Waals surface area contributed by atoms with E-state index in [1.54, 1.807) is 0 Å². The minimum Gasteiger partial charge on any atom is -0.387 e. The van der Waals surface area contributed by atoms with E-state index in [9.17, 15) is 18.4 Å². The third kappa shape index (κ3) is 1.98. The number of nitrogens with zero attached hydrogens (tertiary/aromatic N) is 1. The number of nitrogens with two attached hydrogens (primary N) is 1. The van der Waals surface area contributed by atoms with Crippen molar-refractivity contribution < 1.29 is 23.5 Å². The first-order valence-electron chi connectivity index (χ1n) is 3.95. The number of carbonyl (C=O) groups excluding carboxylic acids is 2. The molecule has 14 heavy (non-hydrogen) atoms. The summed E-state index contributed by atoms with van der Waals surface area (Å²) in [5.41, 5.74) is 4.85. The van der Waals surface area contributed by atoms with E-state index in [1.807, 2.05) is 0 Å². The summed E-state index contributed by atoms with van der Waals surface area (Å²) < 4.78 is 25.6. The molecule has 80 valence electrons. The monoisotopic (exact) mass is 208 g/mol. The normalized spacial score (nSPS) is 25.1. The van der Waals surface area contributed by atoms with E-state index in [-0.39, 0.29) is 0 Å². The second-order valence-electron chi connectivity index (χ2n) is 3.16. The molecule has 1 aliphatic heterocycles. The number of likely N-dealkylation sites (tertiary alicyclic amines) is 1. The summed E-state index contributed by atoms with van der Waals surface area (Å²) >= 11 is 0. The van der Waals surface area contributed by atoms with Crippen LogP contribution in [-0.4, -0.2) is 46.9 Å². The molecule has 1 saturated heterocycles. The number of aliphatic hydroxyl groups is 1. The molecular weight excluding hydrogens is 198 g/mol. The number of carbonyl (C=O) groups is 2. The van der Waals surface area contributed by atoms with Gasteiger partial charge in [0.15, 0.2) is 0 Å². The predicted octanol–water partition coefficient (Wildman–Crippen LogP) is -1.30. The van der Waals surface area contributed by atoms with Gasteiger partial charge in [0.1, 0.15) is 12.6 Å². The van der Waals surface area contributed by atoms with Crippen LogP contribution in [0.2, 0.25) is 0 Å². The van der Waals surface area contributed by atoms with Crippen LogP contribution in [0, 0.1) is 0 Å². The molecule has 2 amide bonds. The fraction of sp³-hybridized carbons (Fsp3) is 0.714. The van der Waals surface area contributed by atoms with Gasteiger partial charge in [-0.1, -0.05) is 0 Å². The molecule has 0 spiro atoms. The maximum Gasteiger partial charge on any atom is 0.267 e. The smallest absolute Gasteiger partial charge is 0.267 e. The molecule has 0 radical (unpaired) electrons. The van der Waals surface area contributed by atoms with Gasteiger partial charge in [-0.15, -0.1) is 0 Å². The quantitative estimate of drug-likeness (QED) is 0.591. The Morgan fingerprint density at radius 2 is 2.14 bits per heavy atom. The first-order valence-corrected chi connectivity index (χ1v) is 3.95. The molecule has 0 aliphatic carbocycles. The number of hydrogen-bond donors (Lipinski definition) is 2. The average Bonchev–Trinajstić information content (AvgIpc) is 2.40. The molecule has 0 saturated carbocycles. The molecule has 0 aromatic heterocycles. The number of amides is 2. The number of primary amides is 1. The highest BCUT2D eigenvalue weighted by Gasteiger charge is 2.49. The Balaban J connectivity index is 2.83. The van der Waals surface area contributed by atoms with Gasteiger partial charge in [0.2, 0.25) is 11.8 Å². The number of rotatable bonds is 2. The largest absolute Gasteiger partial charge is 0.387 e. The van der Waals surface area contributed by atoms with Gasteiger partial charge in [-0.2, -0.15) is 0 Å². The fourth-order valence-corrected chi connectivity index (χ4v) is 1.42. The average molecular weight is 208 g/mol. The van der Waals surface area contributed by atoms with Crippen LogP contribution in [0.5, 0.6) is 0 Å². The van der Waals surface area contributed by atoms with Crippen molar-refractivity contribution in [2.24, 2.45) is 5.73 Å². The molecule has 0 bridgehead atoms. The Hall–Kier alpha value is -1.24. The van der Waals surface area contributed by atoms with E-state index >= 15 is 0 Å². The maximum absolute atomic E-state index is 12.8. The Kier molecular flexibility index (Phi) is 2.70. The van der Waals surface area contributed by atoms with Gasteiger partial charge < -0.3 is 15.7 Å². The second kappa shape index (κ2) is 3.49. The Bertz CT molecular complexity index is 270. The van der Waals surface area contributed by atoms with E-state index < -0.39 is 43.4 Å². The topological polar surface area (TPSA) is 83.6 Å². The number of hydrogen-bond acceptors (Lipinski definition) is 3. The van der Waals surface area contributed by atoms with Crippen molar-refractivity contribution in [3.63, 3.8) is 0 Å². The Morgan fingerprint density at radius 1 is 1.57 bits per heavy atom. The summed E-state index contributed by atoms with van der Waals surface area (Å²) in [5.74, 6) is -5.00. The van der Waals surface area contributed by atoms with Crippen LogP contribution < -0.4 is 5.73 Å². The highest BCUT2D eigenvalue weighted by molar-refractivity contribution is 5.87. The van der Waals surface area contributed by atoms with Crippen LogP contribution in [0.25, 0.3) is 0 Å². The van der Waals surface area contributed by atoms with Crippen LogP contribution >= 0.6 is 0 Å². The summed E-state index contributed by atoms with van der Waals surface area (Å²) in [5, 5.41) is 8.48. The minimum atomic E-state index is -3.11. The SMILES string of the molecule is NC(=O)C1CC(F)(F)CN1C(=O)CO. The molecule has 3 N–H and O–H groups in total. The van der Waals surface area contributed by atoms with Crippen LogP contribution in [-0.2, 0) is 9.59 Å². The zero-order valence-corrected chi connectivity index (χ0v) is 7.24. The lowest BCUT2D eigenvalue weighted by Gasteiger charge is -2.19. The van der Waals surface area contributed by atoms with Gasteiger partial charge in [-0.25, -0.2) is 8.78 Å². The molecule has 5 nitrogen and oxygen atoms in total.